The lowest BCUT2D eigenvalue weighted by Crippen LogP contribution is -2.43. The van der Waals surface area contributed by atoms with Crippen LogP contribution in [0.2, 0.25) is 0 Å². The maximum atomic E-state index is 4.74. The fourth-order valence-corrected chi connectivity index (χ4v) is 3.87. The standard InChI is InChI=1S/C19H23N7/c1-2-8-26-15(3-1)11-14-12-22-19(24-18(14)26)23-17-5-4-16(13-21-17)25-9-6-20-7-10-25/h4-5,11-13,20H,1-3,6-10H2,(H,21,22,23,24). The molecule has 2 N–H and O–H groups in total. The van der Waals surface area contributed by atoms with Gasteiger partial charge >= 0.3 is 0 Å². The summed E-state index contributed by atoms with van der Waals surface area (Å²) in [5, 5.41) is 7.73. The third-order valence-electron chi connectivity index (χ3n) is 5.25. The van der Waals surface area contributed by atoms with E-state index in [1.165, 1.54) is 18.5 Å². The van der Waals surface area contributed by atoms with Gasteiger partial charge in [0.05, 0.1) is 11.9 Å². The first-order valence-corrected chi connectivity index (χ1v) is 9.41. The van der Waals surface area contributed by atoms with E-state index in [-0.39, 0.29) is 0 Å². The number of fused-ring (bicyclic) bond motifs is 3. The minimum Gasteiger partial charge on any atom is -0.368 e. The molecule has 2 aliphatic heterocycles. The molecule has 1 fully saturated rings. The molecule has 2 aliphatic rings. The van der Waals surface area contributed by atoms with Crippen molar-refractivity contribution in [2.45, 2.75) is 25.8 Å². The highest BCUT2D eigenvalue weighted by Gasteiger charge is 2.15. The zero-order chi connectivity index (χ0) is 17.3. The molecule has 0 spiro atoms. The number of aryl methyl sites for hydroxylation is 2. The van der Waals surface area contributed by atoms with Crippen LogP contribution in [0.3, 0.4) is 0 Å². The van der Waals surface area contributed by atoms with Gasteiger partial charge in [0.1, 0.15) is 11.5 Å². The number of nitrogens with one attached hydrogen (secondary N) is 2. The molecule has 134 valence electrons. The highest BCUT2D eigenvalue weighted by Crippen LogP contribution is 2.25. The molecule has 3 aromatic rings. The van der Waals surface area contributed by atoms with Gasteiger partial charge in [-0.15, -0.1) is 0 Å². The number of nitrogens with zero attached hydrogens (tertiary/aromatic N) is 5. The summed E-state index contributed by atoms with van der Waals surface area (Å²) in [6.07, 6.45) is 7.45. The summed E-state index contributed by atoms with van der Waals surface area (Å²) in [5.74, 6) is 1.38. The van der Waals surface area contributed by atoms with Gasteiger partial charge in [-0.25, -0.2) is 9.97 Å². The van der Waals surface area contributed by atoms with Crippen molar-refractivity contribution in [3.05, 3.63) is 36.3 Å². The van der Waals surface area contributed by atoms with Gasteiger partial charge in [0.25, 0.3) is 0 Å². The van der Waals surface area contributed by atoms with Gasteiger partial charge in [0.15, 0.2) is 0 Å². The molecule has 0 atom stereocenters. The lowest BCUT2D eigenvalue weighted by Gasteiger charge is -2.29. The Morgan fingerprint density at radius 3 is 2.77 bits per heavy atom. The van der Waals surface area contributed by atoms with Crippen LogP contribution in [0.5, 0.6) is 0 Å². The van der Waals surface area contributed by atoms with Crippen LogP contribution < -0.4 is 15.5 Å². The van der Waals surface area contributed by atoms with Crippen LogP contribution in [0.4, 0.5) is 17.5 Å². The third-order valence-corrected chi connectivity index (χ3v) is 5.25. The van der Waals surface area contributed by atoms with E-state index in [1.54, 1.807) is 0 Å². The minimum atomic E-state index is 0.603. The van der Waals surface area contributed by atoms with Crippen LogP contribution in [-0.4, -0.2) is 45.7 Å². The number of anilines is 3. The summed E-state index contributed by atoms with van der Waals surface area (Å²) in [7, 11) is 0. The third kappa shape index (κ3) is 2.88. The molecule has 3 aromatic heterocycles. The SMILES string of the molecule is c1cc(Nc2ncc3cc4n(c3n2)CCCC4)ncc1N1CCNCC1. The largest absolute Gasteiger partial charge is 0.368 e. The quantitative estimate of drug-likeness (QED) is 0.756. The van der Waals surface area contributed by atoms with Gasteiger partial charge in [-0.05, 0) is 37.5 Å². The summed E-state index contributed by atoms with van der Waals surface area (Å²) in [5.41, 5.74) is 3.56. The number of rotatable bonds is 3. The minimum absolute atomic E-state index is 0.603. The maximum absolute atomic E-state index is 4.74. The highest BCUT2D eigenvalue weighted by atomic mass is 15.2. The summed E-state index contributed by atoms with van der Waals surface area (Å²) < 4.78 is 2.33. The Kier molecular flexibility index (Phi) is 3.93. The van der Waals surface area contributed by atoms with Crippen LogP contribution in [0, 0.1) is 0 Å². The van der Waals surface area contributed by atoms with Crippen molar-refractivity contribution in [2.75, 3.05) is 36.4 Å². The molecule has 5 rings (SSSR count). The molecular weight excluding hydrogens is 326 g/mol. The molecule has 0 radical (unpaired) electrons. The molecule has 1 saturated heterocycles. The summed E-state index contributed by atoms with van der Waals surface area (Å²) in [6, 6.07) is 6.33. The van der Waals surface area contributed by atoms with Crippen LogP contribution >= 0.6 is 0 Å². The van der Waals surface area contributed by atoms with Gasteiger partial charge in [-0.1, -0.05) is 0 Å². The van der Waals surface area contributed by atoms with Gasteiger partial charge in [0.2, 0.25) is 5.95 Å². The average Bonchev–Trinajstić information content (AvgIpc) is 3.07. The number of hydrogen-bond acceptors (Lipinski definition) is 6. The van der Waals surface area contributed by atoms with E-state index < -0.39 is 0 Å². The van der Waals surface area contributed by atoms with Crippen LogP contribution in [0.15, 0.2) is 30.6 Å². The molecule has 7 nitrogen and oxygen atoms in total. The van der Waals surface area contributed by atoms with Gasteiger partial charge in [0, 0.05) is 50.0 Å². The van der Waals surface area contributed by atoms with E-state index in [0.717, 1.165) is 61.7 Å². The summed E-state index contributed by atoms with van der Waals surface area (Å²) in [4.78, 5) is 16.1. The van der Waals surface area contributed by atoms with Crippen molar-refractivity contribution in [1.29, 1.82) is 0 Å². The van der Waals surface area contributed by atoms with E-state index in [9.17, 15) is 0 Å². The number of hydrogen-bond donors (Lipinski definition) is 2. The number of piperazine rings is 1. The molecular formula is C19H23N7. The first-order chi connectivity index (χ1) is 12.9. The second-order valence-corrected chi connectivity index (χ2v) is 6.98. The van der Waals surface area contributed by atoms with E-state index in [2.05, 4.69) is 42.2 Å². The molecule has 0 aliphatic carbocycles. The van der Waals surface area contributed by atoms with E-state index in [0.29, 0.717) is 5.95 Å². The Hall–Kier alpha value is -2.67. The molecule has 26 heavy (non-hydrogen) atoms. The molecule has 0 aromatic carbocycles. The first-order valence-electron chi connectivity index (χ1n) is 9.41. The first kappa shape index (κ1) is 15.6. The normalized spacial score (nSPS) is 17.3. The Morgan fingerprint density at radius 1 is 1.00 bits per heavy atom. The van der Waals surface area contributed by atoms with Crippen molar-refractivity contribution >= 4 is 28.5 Å². The van der Waals surface area contributed by atoms with Crippen molar-refractivity contribution in [1.82, 2.24) is 24.8 Å². The molecule has 5 heterocycles. The van der Waals surface area contributed by atoms with Crippen molar-refractivity contribution in [2.24, 2.45) is 0 Å². The second kappa shape index (κ2) is 6.57. The van der Waals surface area contributed by atoms with Gasteiger partial charge in [-0.3, -0.25) is 0 Å². The lowest BCUT2D eigenvalue weighted by atomic mass is 10.1. The molecule has 0 saturated carbocycles. The van der Waals surface area contributed by atoms with Gasteiger partial charge < -0.3 is 20.1 Å². The number of aromatic nitrogens is 4. The Balaban J connectivity index is 1.37. The van der Waals surface area contributed by atoms with Gasteiger partial charge in [-0.2, -0.15) is 4.98 Å². The Morgan fingerprint density at radius 2 is 1.92 bits per heavy atom. The predicted octanol–water partition coefficient (Wildman–Crippen LogP) is 2.32. The zero-order valence-corrected chi connectivity index (χ0v) is 14.8. The predicted molar refractivity (Wildman–Crippen MR) is 103 cm³/mol. The maximum Gasteiger partial charge on any atom is 0.230 e. The topological polar surface area (TPSA) is 70.9 Å². The Labute approximate surface area is 152 Å². The van der Waals surface area contributed by atoms with Crippen LogP contribution in [-0.2, 0) is 13.0 Å². The molecule has 0 amide bonds. The number of pyridine rings is 1. The van der Waals surface area contributed by atoms with Crippen molar-refractivity contribution in [3.63, 3.8) is 0 Å². The Bertz CT molecular complexity index is 910. The monoisotopic (exact) mass is 349 g/mol. The zero-order valence-electron chi connectivity index (χ0n) is 14.8. The summed E-state index contributed by atoms with van der Waals surface area (Å²) in [6.45, 7) is 5.14. The summed E-state index contributed by atoms with van der Waals surface area (Å²) >= 11 is 0. The van der Waals surface area contributed by atoms with Crippen LogP contribution in [0.1, 0.15) is 18.5 Å². The fraction of sp³-hybridized carbons (Fsp3) is 0.421. The van der Waals surface area contributed by atoms with Crippen molar-refractivity contribution in [3.8, 4) is 0 Å². The van der Waals surface area contributed by atoms with E-state index in [1.807, 2.05) is 18.5 Å². The molecule has 7 heteroatoms. The lowest BCUT2D eigenvalue weighted by molar-refractivity contribution is 0.542. The van der Waals surface area contributed by atoms with Crippen molar-refractivity contribution < 1.29 is 0 Å². The smallest absolute Gasteiger partial charge is 0.230 e. The van der Waals surface area contributed by atoms with Crippen LogP contribution in [0.25, 0.3) is 11.0 Å². The van der Waals surface area contributed by atoms with E-state index >= 15 is 0 Å². The highest BCUT2D eigenvalue weighted by molar-refractivity contribution is 5.78. The second-order valence-electron chi connectivity index (χ2n) is 6.98. The molecule has 0 unspecified atom stereocenters. The average molecular weight is 349 g/mol. The molecule has 0 bridgehead atoms. The van der Waals surface area contributed by atoms with E-state index in [4.69, 9.17) is 4.98 Å². The fourth-order valence-electron chi connectivity index (χ4n) is 3.87.